The molecule has 5 rings (SSSR count). The van der Waals surface area contributed by atoms with Crippen molar-refractivity contribution < 1.29 is 29.0 Å². The fourth-order valence-corrected chi connectivity index (χ4v) is 6.08. The summed E-state index contributed by atoms with van der Waals surface area (Å²) in [5.74, 6) is -1.51. The monoisotopic (exact) mass is 545 g/mol. The third-order valence-electron chi connectivity index (χ3n) is 5.94. The number of aliphatic carboxylic acids is 1. The van der Waals surface area contributed by atoms with Crippen LogP contribution in [0.3, 0.4) is 0 Å². The number of nitrogen functional groups attached to an aromatic ring is 1. The van der Waals surface area contributed by atoms with Gasteiger partial charge in [-0.2, -0.15) is 9.36 Å². The second-order valence-corrected chi connectivity index (χ2v) is 10.2. The van der Waals surface area contributed by atoms with Crippen LogP contribution in [0.25, 0.3) is 0 Å². The number of carboxylic acids is 1. The van der Waals surface area contributed by atoms with Crippen LogP contribution in [-0.4, -0.2) is 72.8 Å². The molecular formula is C21H23N9O5S2. The van der Waals surface area contributed by atoms with Crippen molar-refractivity contribution in [2.75, 3.05) is 30.0 Å². The van der Waals surface area contributed by atoms with Gasteiger partial charge in [0.25, 0.3) is 11.8 Å². The second kappa shape index (κ2) is 10.2. The number of carboxylic acid groups (broad SMARTS) is 1. The Morgan fingerprint density at radius 3 is 3.05 bits per heavy atom. The number of amides is 2. The number of carbonyl (C=O) groups is 3. The Morgan fingerprint density at radius 2 is 2.32 bits per heavy atom. The Kier molecular flexibility index (Phi) is 6.84. The number of carbonyl (C=O) groups excluding carboxylic acids is 3. The summed E-state index contributed by atoms with van der Waals surface area (Å²) in [6, 6.07) is 0.951. The lowest BCUT2D eigenvalue weighted by Crippen LogP contribution is -2.71. The molecule has 0 unspecified atom stereocenters. The van der Waals surface area contributed by atoms with Gasteiger partial charge in [-0.25, -0.2) is 0 Å². The highest BCUT2D eigenvalue weighted by atomic mass is 32.2. The predicted octanol–water partition coefficient (Wildman–Crippen LogP) is -1.96. The molecule has 2 atom stereocenters. The predicted molar refractivity (Wildman–Crippen MR) is 132 cm³/mol. The zero-order valence-corrected chi connectivity index (χ0v) is 21.1. The van der Waals surface area contributed by atoms with Crippen molar-refractivity contribution in [1.29, 1.82) is 0 Å². The smallest absolute Gasteiger partial charge is 0.278 e. The molecule has 0 spiro atoms. The minimum Gasteiger partial charge on any atom is -0.543 e. The lowest BCUT2D eigenvalue weighted by molar-refractivity contribution is -0.768. The van der Waals surface area contributed by atoms with E-state index < -0.39 is 29.2 Å². The van der Waals surface area contributed by atoms with Crippen molar-refractivity contribution in [3.63, 3.8) is 0 Å². The number of rotatable bonds is 9. The van der Waals surface area contributed by atoms with E-state index in [9.17, 15) is 19.5 Å². The summed E-state index contributed by atoms with van der Waals surface area (Å²) in [4.78, 5) is 48.4. The van der Waals surface area contributed by atoms with Crippen LogP contribution < -0.4 is 26.2 Å². The first-order chi connectivity index (χ1) is 17.9. The van der Waals surface area contributed by atoms with E-state index >= 15 is 0 Å². The van der Waals surface area contributed by atoms with Crippen molar-refractivity contribution in [3.05, 3.63) is 42.0 Å². The fourth-order valence-electron chi connectivity index (χ4n) is 4.31. The number of hydrogen-bond donors (Lipinski definition) is 3. The first kappa shape index (κ1) is 24.8. The highest BCUT2D eigenvalue weighted by molar-refractivity contribution is 8.00. The molecule has 3 aliphatic rings. The van der Waals surface area contributed by atoms with Gasteiger partial charge >= 0.3 is 0 Å². The molecule has 16 heteroatoms. The summed E-state index contributed by atoms with van der Waals surface area (Å²) in [6.07, 6.45) is 4.27. The molecular weight excluding hydrogens is 522 g/mol. The van der Waals surface area contributed by atoms with E-state index in [4.69, 9.17) is 10.6 Å². The molecule has 0 bridgehead atoms. The van der Waals surface area contributed by atoms with Crippen molar-refractivity contribution in [2.45, 2.75) is 30.9 Å². The number of β-lactam (4-membered cyclic amide) rings is 1. The normalized spacial score (nSPS) is 20.9. The summed E-state index contributed by atoms with van der Waals surface area (Å²) < 4.78 is 7.94. The lowest BCUT2D eigenvalue weighted by atomic mass is 10.0. The first-order valence-corrected chi connectivity index (χ1v) is 13.1. The standard InChI is InChI=1S/C21H23N9O5S2/c1-2-8-35-26-13(16-25-21(22)37-27-16)17(31)24-14-18(32)30-15(20(33)34)11(10-36-19(14)30)9-28-7-4-12-23-5-3-6-29(12)28/h2,4,7,14,19H,1,3,5-6,8-10H2,(H4,22,24,25,27,31,33,34)/t14-,19-/m1/s1. The van der Waals surface area contributed by atoms with Crippen molar-refractivity contribution in [3.8, 4) is 0 Å². The maximum absolute atomic E-state index is 13.1. The van der Waals surface area contributed by atoms with E-state index in [0.717, 1.165) is 36.9 Å². The maximum atomic E-state index is 13.1. The molecule has 0 saturated carbocycles. The van der Waals surface area contributed by atoms with Crippen LogP contribution in [0.5, 0.6) is 0 Å². The molecule has 5 heterocycles. The molecule has 2 aromatic rings. The van der Waals surface area contributed by atoms with Gasteiger partial charge in [0.2, 0.25) is 11.5 Å². The van der Waals surface area contributed by atoms with E-state index in [0.29, 0.717) is 17.9 Å². The molecule has 37 heavy (non-hydrogen) atoms. The number of anilines is 2. The van der Waals surface area contributed by atoms with Crippen LogP contribution in [0.2, 0.25) is 0 Å². The van der Waals surface area contributed by atoms with Crippen molar-refractivity contribution >= 4 is 57.7 Å². The molecule has 1 saturated heterocycles. The highest BCUT2D eigenvalue weighted by Crippen LogP contribution is 2.40. The van der Waals surface area contributed by atoms with Gasteiger partial charge in [0.05, 0.1) is 24.3 Å². The topological polar surface area (TPSA) is 184 Å². The molecule has 0 radical (unpaired) electrons. The van der Waals surface area contributed by atoms with Crippen molar-refractivity contribution in [2.24, 2.45) is 5.16 Å². The Bertz CT molecular complexity index is 1330. The number of nitrogens with one attached hydrogen (secondary N) is 2. The van der Waals surface area contributed by atoms with Gasteiger partial charge in [-0.15, -0.1) is 21.1 Å². The molecule has 14 nitrogen and oxygen atoms in total. The van der Waals surface area contributed by atoms with Crippen LogP contribution in [0.15, 0.2) is 41.3 Å². The Morgan fingerprint density at radius 1 is 1.49 bits per heavy atom. The lowest BCUT2D eigenvalue weighted by Gasteiger charge is -2.50. The third-order valence-corrected chi connectivity index (χ3v) is 7.82. The van der Waals surface area contributed by atoms with E-state index in [-0.39, 0.29) is 29.0 Å². The first-order valence-electron chi connectivity index (χ1n) is 11.3. The minimum atomic E-state index is -1.44. The number of nitrogens with two attached hydrogens (primary N) is 1. The van der Waals surface area contributed by atoms with E-state index in [2.05, 4.69) is 31.7 Å². The van der Waals surface area contributed by atoms with Gasteiger partial charge in [-0.05, 0) is 6.42 Å². The third kappa shape index (κ3) is 4.64. The summed E-state index contributed by atoms with van der Waals surface area (Å²) >= 11 is 2.23. The summed E-state index contributed by atoms with van der Waals surface area (Å²) in [5.41, 5.74) is 5.75. The average molecular weight is 546 g/mol. The number of fused-ring (bicyclic) bond motifs is 2. The van der Waals surface area contributed by atoms with E-state index in [1.807, 2.05) is 21.6 Å². The van der Waals surface area contributed by atoms with Crippen LogP contribution in [0, 0.1) is 0 Å². The number of oxime groups is 1. The van der Waals surface area contributed by atoms with Gasteiger partial charge in [0.15, 0.2) is 23.7 Å². The Labute approximate surface area is 219 Å². The van der Waals surface area contributed by atoms with Crippen LogP contribution in [0.1, 0.15) is 12.2 Å². The number of thioether (sulfide) groups is 1. The van der Waals surface area contributed by atoms with Gasteiger partial charge in [0.1, 0.15) is 18.0 Å². The highest BCUT2D eigenvalue weighted by Gasteiger charge is 2.53. The van der Waals surface area contributed by atoms with E-state index in [1.165, 1.54) is 22.7 Å². The Hall–Kier alpha value is -3.92. The molecule has 0 aliphatic carbocycles. The molecule has 0 aromatic carbocycles. The van der Waals surface area contributed by atoms with Crippen molar-refractivity contribution in [1.82, 2.24) is 24.3 Å². The number of hydrogen-bond acceptors (Lipinski definition) is 12. The van der Waals surface area contributed by atoms with Gasteiger partial charge in [0, 0.05) is 29.4 Å². The molecule has 2 aromatic heterocycles. The summed E-state index contributed by atoms with van der Waals surface area (Å²) in [7, 11) is 0. The van der Waals surface area contributed by atoms with Crippen LogP contribution in [0.4, 0.5) is 10.9 Å². The van der Waals surface area contributed by atoms with Gasteiger partial charge < -0.3 is 31.1 Å². The maximum Gasteiger partial charge on any atom is 0.278 e. The fraction of sp³-hybridized carbons (Fsp3) is 0.381. The number of aromatic nitrogens is 4. The molecule has 4 N–H and O–H groups in total. The minimum absolute atomic E-state index is 0.0342. The quantitative estimate of drug-likeness (QED) is 0.0798. The zero-order valence-electron chi connectivity index (χ0n) is 19.5. The second-order valence-electron chi connectivity index (χ2n) is 8.28. The SMILES string of the molecule is C=CCON=C(C(=O)N[C@@H]1C(=O)N2C(C(=O)[O-])=C(C[n+]3ccc4n3CCCN4)CS[C@H]12)c1nsc(N)n1. The zero-order chi connectivity index (χ0) is 26.1. The average Bonchev–Trinajstić information content (AvgIpc) is 3.50. The molecule has 2 amide bonds. The largest absolute Gasteiger partial charge is 0.543 e. The van der Waals surface area contributed by atoms with E-state index in [1.54, 1.807) is 0 Å². The number of nitrogens with zero attached hydrogens (tertiary/aromatic N) is 6. The molecule has 1 fully saturated rings. The van der Waals surface area contributed by atoms with Crippen LogP contribution >= 0.6 is 23.3 Å². The summed E-state index contributed by atoms with van der Waals surface area (Å²) in [6.45, 7) is 5.52. The summed E-state index contributed by atoms with van der Waals surface area (Å²) in [5, 5.41) is 21.3. The Balaban J connectivity index is 1.34. The van der Waals surface area contributed by atoms with Crippen LogP contribution in [-0.2, 0) is 32.3 Å². The van der Waals surface area contributed by atoms with Gasteiger partial charge in [-0.3, -0.25) is 14.5 Å². The molecule has 3 aliphatic heterocycles. The molecule has 194 valence electrons. The van der Waals surface area contributed by atoms with Gasteiger partial charge in [-0.1, -0.05) is 17.8 Å².